The molecule has 0 atom stereocenters. The van der Waals surface area contributed by atoms with Gasteiger partial charge in [-0.3, -0.25) is 10.1 Å². The van der Waals surface area contributed by atoms with Gasteiger partial charge in [-0.1, -0.05) is 17.4 Å². The molecule has 0 saturated carbocycles. The number of nitro groups is 1. The van der Waals surface area contributed by atoms with E-state index in [1.807, 2.05) is 0 Å². The van der Waals surface area contributed by atoms with Crippen LogP contribution in [0.2, 0.25) is 0 Å². The topological polar surface area (TPSA) is 80.4 Å². The Labute approximate surface area is 110 Å². The van der Waals surface area contributed by atoms with Gasteiger partial charge < -0.3 is 5.11 Å². The molecular weight excluding hydrogens is 274 g/mol. The molecule has 0 spiro atoms. The summed E-state index contributed by atoms with van der Waals surface area (Å²) in [7, 11) is 0. The van der Waals surface area contributed by atoms with Crippen molar-refractivity contribution in [2.75, 3.05) is 0 Å². The zero-order valence-corrected chi connectivity index (χ0v) is 10.5. The minimum absolute atomic E-state index is 0.00262. The third kappa shape index (κ3) is 2.63. The van der Waals surface area contributed by atoms with E-state index in [4.69, 9.17) is 5.11 Å². The number of hydrogen-bond acceptors (Lipinski definition) is 5. The Bertz CT molecular complexity index is 613. The zero-order valence-electron chi connectivity index (χ0n) is 8.90. The summed E-state index contributed by atoms with van der Waals surface area (Å²) in [4.78, 5) is 21.8. The van der Waals surface area contributed by atoms with E-state index in [9.17, 15) is 14.9 Å². The van der Waals surface area contributed by atoms with E-state index in [1.165, 1.54) is 23.5 Å². The highest BCUT2D eigenvalue weighted by molar-refractivity contribution is 7.13. The van der Waals surface area contributed by atoms with E-state index in [1.54, 1.807) is 22.9 Å². The molecule has 0 bridgehead atoms. The van der Waals surface area contributed by atoms with Crippen LogP contribution in [0.15, 0.2) is 29.0 Å². The summed E-state index contributed by atoms with van der Waals surface area (Å²) in [5.74, 6) is -1.05. The summed E-state index contributed by atoms with van der Waals surface area (Å²) in [5.41, 5.74) is 0.662. The van der Waals surface area contributed by atoms with Gasteiger partial charge in [0.1, 0.15) is 0 Å². The lowest BCUT2D eigenvalue weighted by Gasteiger charge is -1.97. The van der Waals surface area contributed by atoms with Gasteiger partial charge in [-0.2, -0.15) is 0 Å². The summed E-state index contributed by atoms with van der Waals surface area (Å²) in [6, 6.07) is 4.82. The molecule has 92 valence electrons. The largest absolute Gasteiger partial charge is 0.478 e. The molecule has 2 aromatic rings. The fourth-order valence-electron chi connectivity index (χ4n) is 1.35. The van der Waals surface area contributed by atoms with Crippen LogP contribution in [0.25, 0.3) is 11.6 Å². The Hall–Kier alpha value is -1.99. The Kier molecular flexibility index (Phi) is 3.54. The highest BCUT2D eigenvalue weighted by atomic mass is 32.1. The van der Waals surface area contributed by atoms with Crippen LogP contribution >= 0.6 is 22.7 Å². The molecule has 0 unspecified atom stereocenters. The van der Waals surface area contributed by atoms with Gasteiger partial charge in [0.2, 0.25) is 0 Å². The summed E-state index contributed by atoms with van der Waals surface area (Å²) in [6.45, 7) is 0. The van der Waals surface area contributed by atoms with Crippen LogP contribution in [-0.2, 0) is 4.79 Å². The molecule has 0 aliphatic heterocycles. The fourth-order valence-corrected chi connectivity index (χ4v) is 2.76. The van der Waals surface area contributed by atoms with Crippen molar-refractivity contribution in [3.8, 4) is 0 Å². The first kappa shape index (κ1) is 12.5. The van der Waals surface area contributed by atoms with Crippen LogP contribution in [-0.4, -0.2) is 16.0 Å². The lowest BCUT2D eigenvalue weighted by atomic mass is 10.1. The Morgan fingerprint density at radius 3 is 2.72 bits per heavy atom. The van der Waals surface area contributed by atoms with Crippen molar-refractivity contribution < 1.29 is 14.8 Å². The monoisotopic (exact) mass is 281 g/mol. The zero-order chi connectivity index (χ0) is 13.1. The fraction of sp³-hybridized carbons (Fsp3) is 0. The van der Waals surface area contributed by atoms with Crippen molar-refractivity contribution in [1.29, 1.82) is 0 Å². The predicted octanol–water partition coefficient (Wildman–Crippen LogP) is 3.34. The molecule has 0 radical (unpaired) electrons. The first-order valence-corrected chi connectivity index (χ1v) is 6.55. The van der Waals surface area contributed by atoms with Crippen LogP contribution in [0.3, 0.4) is 0 Å². The van der Waals surface area contributed by atoms with Gasteiger partial charge in [0.05, 0.1) is 10.5 Å². The highest BCUT2D eigenvalue weighted by Crippen LogP contribution is 2.28. The standard InChI is InChI=1S/C11H7NO4S2/c13-11(14)8(9-2-1-3-17-9)4-7-5-10(12(15)16)18-6-7/h1-6H,(H,13,14)/b8-4-. The number of carbonyl (C=O) groups is 1. The molecule has 5 nitrogen and oxygen atoms in total. The number of hydrogen-bond donors (Lipinski definition) is 1. The normalized spacial score (nSPS) is 11.4. The van der Waals surface area contributed by atoms with E-state index < -0.39 is 10.9 Å². The van der Waals surface area contributed by atoms with Crippen LogP contribution in [0.5, 0.6) is 0 Å². The van der Waals surface area contributed by atoms with E-state index >= 15 is 0 Å². The second kappa shape index (κ2) is 5.11. The molecule has 2 rings (SSSR count). The maximum atomic E-state index is 11.2. The number of aliphatic carboxylic acids is 1. The van der Waals surface area contributed by atoms with Gasteiger partial charge in [0, 0.05) is 16.3 Å². The highest BCUT2D eigenvalue weighted by Gasteiger charge is 2.14. The Morgan fingerprint density at radius 1 is 1.44 bits per heavy atom. The van der Waals surface area contributed by atoms with Crippen molar-refractivity contribution in [3.63, 3.8) is 0 Å². The van der Waals surface area contributed by atoms with Gasteiger partial charge in [0.25, 0.3) is 0 Å². The molecule has 0 saturated heterocycles. The summed E-state index contributed by atoms with van der Waals surface area (Å²) in [6.07, 6.45) is 1.44. The minimum Gasteiger partial charge on any atom is -0.478 e. The number of carboxylic acids is 1. The molecular formula is C11H7NO4S2. The van der Waals surface area contributed by atoms with Crippen LogP contribution in [0.1, 0.15) is 10.4 Å². The molecule has 18 heavy (non-hydrogen) atoms. The van der Waals surface area contributed by atoms with E-state index in [0.717, 1.165) is 11.3 Å². The van der Waals surface area contributed by atoms with Gasteiger partial charge in [-0.05, 0) is 23.1 Å². The molecule has 2 aromatic heterocycles. The van der Waals surface area contributed by atoms with E-state index in [2.05, 4.69) is 0 Å². The maximum absolute atomic E-state index is 11.2. The molecule has 0 aliphatic rings. The van der Waals surface area contributed by atoms with Crippen LogP contribution in [0.4, 0.5) is 5.00 Å². The van der Waals surface area contributed by atoms with Crippen molar-refractivity contribution >= 4 is 45.3 Å². The third-order valence-corrected chi connectivity index (χ3v) is 3.92. The second-order valence-corrected chi connectivity index (χ2v) is 5.15. The number of nitrogens with zero attached hydrogens (tertiary/aromatic N) is 1. The molecule has 0 aliphatic carbocycles. The number of carboxylic acid groups (broad SMARTS) is 1. The average molecular weight is 281 g/mol. The van der Waals surface area contributed by atoms with Crippen molar-refractivity contribution in [1.82, 2.24) is 0 Å². The Balaban J connectivity index is 2.39. The van der Waals surface area contributed by atoms with E-state index in [0.29, 0.717) is 10.4 Å². The first-order valence-electron chi connectivity index (χ1n) is 4.79. The molecule has 7 heteroatoms. The maximum Gasteiger partial charge on any atom is 0.337 e. The average Bonchev–Trinajstić information content (AvgIpc) is 2.96. The SMILES string of the molecule is O=C(O)/C(=C\c1csc([N+](=O)[O-])c1)c1cccs1. The second-order valence-electron chi connectivity index (χ2n) is 3.32. The predicted molar refractivity (Wildman–Crippen MR) is 70.8 cm³/mol. The number of thiophene rings is 2. The summed E-state index contributed by atoms with van der Waals surface area (Å²) >= 11 is 2.29. The first-order chi connectivity index (χ1) is 8.58. The van der Waals surface area contributed by atoms with Crippen molar-refractivity contribution in [3.05, 3.63) is 49.5 Å². The molecule has 0 amide bonds. The van der Waals surface area contributed by atoms with Gasteiger partial charge in [-0.15, -0.1) is 11.3 Å². The van der Waals surface area contributed by atoms with Crippen molar-refractivity contribution in [2.45, 2.75) is 0 Å². The van der Waals surface area contributed by atoms with Gasteiger partial charge >= 0.3 is 11.0 Å². The summed E-state index contributed by atoms with van der Waals surface area (Å²) < 4.78 is 0. The molecule has 0 fully saturated rings. The lowest BCUT2D eigenvalue weighted by molar-refractivity contribution is -0.380. The molecule has 1 N–H and O–H groups in total. The van der Waals surface area contributed by atoms with Crippen LogP contribution in [0, 0.1) is 10.1 Å². The smallest absolute Gasteiger partial charge is 0.337 e. The van der Waals surface area contributed by atoms with Crippen LogP contribution < -0.4 is 0 Å². The molecule has 0 aromatic carbocycles. The third-order valence-electron chi connectivity index (χ3n) is 2.11. The number of rotatable bonds is 4. The Morgan fingerprint density at radius 2 is 2.22 bits per heavy atom. The molecule has 2 heterocycles. The van der Waals surface area contributed by atoms with Gasteiger partial charge in [0.15, 0.2) is 0 Å². The lowest BCUT2D eigenvalue weighted by Crippen LogP contribution is -1.97. The summed E-state index contributed by atoms with van der Waals surface area (Å²) in [5, 5.41) is 23.0. The van der Waals surface area contributed by atoms with Crippen molar-refractivity contribution in [2.24, 2.45) is 0 Å². The van der Waals surface area contributed by atoms with Gasteiger partial charge in [-0.25, -0.2) is 4.79 Å². The van der Waals surface area contributed by atoms with E-state index in [-0.39, 0.29) is 10.6 Å². The minimum atomic E-state index is -1.05. The quantitative estimate of drug-likeness (QED) is 0.529.